The molecule has 1 aromatic rings. The Morgan fingerprint density at radius 3 is 2.41 bits per heavy atom. The van der Waals surface area contributed by atoms with Gasteiger partial charge in [0.2, 0.25) is 5.91 Å². The maximum Gasteiger partial charge on any atom is 0.248 e. The van der Waals surface area contributed by atoms with Crippen LogP contribution in [0.3, 0.4) is 0 Å². The van der Waals surface area contributed by atoms with Crippen molar-refractivity contribution < 1.29 is 9.53 Å². The summed E-state index contributed by atoms with van der Waals surface area (Å²) in [5.74, 6) is 0.306. The van der Waals surface area contributed by atoms with E-state index < -0.39 is 5.91 Å². The van der Waals surface area contributed by atoms with Gasteiger partial charge in [0, 0.05) is 5.56 Å². The van der Waals surface area contributed by atoms with Gasteiger partial charge in [-0.15, -0.1) is 0 Å². The van der Waals surface area contributed by atoms with Crippen molar-refractivity contribution in [2.45, 2.75) is 32.8 Å². The molecular formula is C14H19NO2. The second-order valence-electron chi connectivity index (χ2n) is 4.16. The molecule has 1 atom stereocenters. The number of primary amides is 1. The first-order valence-corrected chi connectivity index (χ1v) is 5.73. The highest BCUT2D eigenvalue weighted by atomic mass is 16.5. The molecule has 0 spiro atoms. The number of hydrogen-bond donors (Lipinski definition) is 1. The van der Waals surface area contributed by atoms with Crippen LogP contribution in [0.2, 0.25) is 0 Å². The van der Waals surface area contributed by atoms with Gasteiger partial charge >= 0.3 is 0 Å². The Bertz CT molecular complexity index is 409. The topological polar surface area (TPSA) is 52.3 Å². The highest BCUT2D eigenvalue weighted by Crippen LogP contribution is 2.22. The van der Waals surface area contributed by atoms with Gasteiger partial charge in [-0.2, -0.15) is 0 Å². The van der Waals surface area contributed by atoms with Crippen LogP contribution in [0.15, 0.2) is 36.4 Å². The normalized spacial score (nSPS) is 14.5. The van der Waals surface area contributed by atoms with Gasteiger partial charge in [-0.05, 0) is 50.6 Å². The van der Waals surface area contributed by atoms with Crippen LogP contribution in [-0.4, -0.2) is 11.5 Å². The fraction of sp³-hybridized carbons (Fsp3) is 0.357. The summed E-state index contributed by atoms with van der Waals surface area (Å²) in [6.07, 6.45) is 4.87. The molecule has 0 aromatic heterocycles. The van der Waals surface area contributed by atoms with E-state index in [2.05, 4.69) is 6.92 Å². The molecule has 0 saturated heterocycles. The van der Waals surface area contributed by atoms with Crippen molar-refractivity contribution >= 4 is 5.91 Å². The van der Waals surface area contributed by atoms with Crippen molar-refractivity contribution in [1.29, 1.82) is 0 Å². The predicted octanol–water partition coefficient (Wildman–Crippen LogP) is 2.91. The Morgan fingerprint density at radius 2 is 2.00 bits per heavy atom. The minimum Gasteiger partial charge on any atom is -0.484 e. The van der Waals surface area contributed by atoms with E-state index in [1.807, 2.05) is 26.0 Å². The number of hydrogen-bond acceptors (Lipinski definition) is 2. The molecule has 0 aliphatic carbocycles. The van der Waals surface area contributed by atoms with Crippen LogP contribution in [0.1, 0.15) is 37.6 Å². The number of amides is 1. The number of carbonyl (C=O) groups excluding carboxylic acids is 1. The Hall–Kier alpha value is -1.77. The molecule has 0 saturated carbocycles. The van der Waals surface area contributed by atoms with Gasteiger partial charge in [-0.3, -0.25) is 4.79 Å². The monoisotopic (exact) mass is 233 g/mol. The zero-order chi connectivity index (χ0) is 12.9. The quantitative estimate of drug-likeness (QED) is 0.795. The number of rotatable bonds is 5. The van der Waals surface area contributed by atoms with Crippen molar-refractivity contribution in [3.05, 3.63) is 42.0 Å². The Morgan fingerprint density at radius 1 is 1.41 bits per heavy atom. The smallest absolute Gasteiger partial charge is 0.248 e. The fourth-order valence-corrected chi connectivity index (χ4v) is 1.53. The van der Waals surface area contributed by atoms with Crippen LogP contribution in [0, 0.1) is 0 Å². The SMILES string of the molecule is C/C=C\[C@@](C)(CC)Oc1ccc(C(N)=O)cc1. The lowest BCUT2D eigenvalue weighted by Gasteiger charge is -2.26. The summed E-state index contributed by atoms with van der Waals surface area (Å²) in [5, 5.41) is 0. The number of carbonyl (C=O) groups is 1. The van der Waals surface area contributed by atoms with Crippen LogP contribution in [0.25, 0.3) is 0 Å². The molecule has 92 valence electrons. The van der Waals surface area contributed by atoms with Crippen LogP contribution in [-0.2, 0) is 0 Å². The molecule has 0 heterocycles. The maximum atomic E-state index is 10.9. The van der Waals surface area contributed by atoms with Crippen LogP contribution in [0.4, 0.5) is 0 Å². The molecule has 1 aromatic carbocycles. The summed E-state index contributed by atoms with van der Waals surface area (Å²) in [6, 6.07) is 6.86. The van der Waals surface area contributed by atoms with E-state index in [4.69, 9.17) is 10.5 Å². The first kappa shape index (κ1) is 13.3. The number of ether oxygens (including phenoxy) is 1. The third kappa shape index (κ3) is 3.63. The minimum absolute atomic E-state index is 0.316. The Balaban J connectivity index is 2.84. The van der Waals surface area contributed by atoms with E-state index in [9.17, 15) is 4.79 Å². The fourth-order valence-electron chi connectivity index (χ4n) is 1.53. The van der Waals surface area contributed by atoms with Gasteiger partial charge < -0.3 is 10.5 Å². The van der Waals surface area contributed by atoms with Gasteiger partial charge in [-0.1, -0.05) is 13.0 Å². The molecule has 1 amide bonds. The molecule has 1 rings (SSSR count). The molecular weight excluding hydrogens is 214 g/mol. The average Bonchev–Trinajstić information content (AvgIpc) is 2.30. The second kappa shape index (κ2) is 5.53. The lowest BCUT2D eigenvalue weighted by molar-refractivity contribution is 0.1000. The molecule has 0 aliphatic heterocycles. The van der Waals surface area contributed by atoms with E-state index in [0.717, 1.165) is 12.2 Å². The highest BCUT2D eigenvalue weighted by Gasteiger charge is 2.19. The lowest BCUT2D eigenvalue weighted by atomic mass is 10.0. The molecule has 0 radical (unpaired) electrons. The van der Waals surface area contributed by atoms with E-state index in [-0.39, 0.29) is 5.60 Å². The summed E-state index contributed by atoms with van der Waals surface area (Å²) in [4.78, 5) is 10.9. The van der Waals surface area contributed by atoms with Crippen LogP contribution >= 0.6 is 0 Å². The van der Waals surface area contributed by atoms with Crippen molar-refractivity contribution in [3.8, 4) is 5.75 Å². The molecule has 0 fully saturated rings. The second-order valence-corrected chi connectivity index (χ2v) is 4.16. The minimum atomic E-state index is -0.428. The predicted molar refractivity (Wildman–Crippen MR) is 69.1 cm³/mol. The van der Waals surface area contributed by atoms with E-state index in [1.165, 1.54) is 0 Å². The number of allylic oxidation sites excluding steroid dienone is 1. The first-order chi connectivity index (χ1) is 8.00. The summed E-state index contributed by atoms with van der Waals surface area (Å²) in [5.41, 5.74) is 5.35. The number of benzene rings is 1. The van der Waals surface area contributed by atoms with Gasteiger partial charge in [0.05, 0.1) is 0 Å². The molecule has 0 aliphatic rings. The molecule has 2 N–H and O–H groups in total. The largest absolute Gasteiger partial charge is 0.484 e. The van der Waals surface area contributed by atoms with Gasteiger partial charge in [-0.25, -0.2) is 0 Å². The standard InChI is InChI=1S/C14H19NO2/c1-4-10-14(3,5-2)17-12-8-6-11(7-9-12)13(15)16/h4,6-10H,5H2,1-3H3,(H2,15,16)/b10-4-/t14-/m1/s1. The van der Waals surface area contributed by atoms with E-state index >= 15 is 0 Å². The third-order valence-electron chi connectivity index (χ3n) is 2.71. The Labute approximate surface area is 102 Å². The van der Waals surface area contributed by atoms with Crippen molar-refractivity contribution in [2.24, 2.45) is 5.73 Å². The average molecular weight is 233 g/mol. The molecule has 0 unspecified atom stereocenters. The molecule has 0 bridgehead atoms. The zero-order valence-corrected chi connectivity index (χ0v) is 10.6. The van der Waals surface area contributed by atoms with Crippen molar-refractivity contribution in [1.82, 2.24) is 0 Å². The first-order valence-electron chi connectivity index (χ1n) is 5.73. The van der Waals surface area contributed by atoms with Crippen LogP contribution < -0.4 is 10.5 Å². The van der Waals surface area contributed by atoms with E-state index in [0.29, 0.717) is 5.56 Å². The molecule has 17 heavy (non-hydrogen) atoms. The van der Waals surface area contributed by atoms with Crippen molar-refractivity contribution in [3.63, 3.8) is 0 Å². The summed E-state index contributed by atoms with van der Waals surface area (Å²) in [6.45, 7) is 6.06. The summed E-state index contributed by atoms with van der Waals surface area (Å²) < 4.78 is 5.89. The van der Waals surface area contributed by atoms with Crippen LogP contribution in [0.5, 0.6) is 5.75 Å². The molecule has 3 heteroatoms. The summed E-state index contributed by atoms with van der Waals surface area (Å²) in [7, 11) is 0. The van der Waals surface area contributed by atoms with Gasteiger partial charge in [0.1, 0.15) is 11.4 Å². The van der Waals surface area contributed by atoms with Gasteiger partial charge in [0.25, 0.3) is 0 Å². The third-order valence-corrected chi connectivity index (χ3v) is 2.71. The Kier molecular flexibility index (Phi) is 4.32. The summed E-state index contributed by atoms with van der Waals surface area (Å²) >= 11 is 0. The highest BCUT2D eigenvalue weighted by molar-refractivity contribution is 5.92. The zero-order valence-electron chi connectivity index (χ0n) is 10.6. The van der Waals surface area contributed by atoms with E-state index in [1.54, 1.807) is 24.3 Å². The van der Waals surface area contributed by atoms with Crippen molar-refractivity contribution in [2.75, 3.05) is 0 Å². The molecule has 3 nitrogen and oxygen atoms in total. The van der Waals surface area contributed by atoms with Gasteiger partial charge in [0.15, 0.2) is 0 Å². The maximum absolute atomic E-state index is 10.9. The number of nitrogens with two attached hydrogens (primary N) is 1. The lowest BCUT2D eigenvalue weighted by Crippen LogP contribution is -2.28.